The maximum absolute atomic E-state index is 11.1. The van der Waals surface area contributed by atoms with Crippen LogP contribution in [0, 0.1) is 5.92 Å². The Morgan fingerprint density at radius 1 is 1.64 bits per heavy atom. The average molecular weight is 202 g/mol. The number of hydrogen-bond donors (Lipinski definition) is 3. The number of nitrogens with one attached hydrogen (secondary N) is 1. The fourth-order valence-electron chi connectivity index (χ4n) is 1.70. The second-order valence-electron chi connectivity index (χ2n) is 3.71. The Morgan fingerprint density at radius 3 is 2.93 bits per heavy atom. The van der Waals surface area contributed by atoms with E-state index in [4.69, 9.17) is 5.11 Å². The summed E-state index contributed by atoms with van der Waals surface area (Å²) in [6.45, 7) is 1.63. The molecule has 0 radical (unpaired) electrons. The minimum absolute atomic E-state index is 0.0224. The molecule has 1 aliphatic rings. The Kier molecular flexibility index (Phi) is 4.31. The van der Waals surface area contributed by atoms with Crippen molar-refractivity contribution < 1.29 is 15.0 Å². The van der Waals surface area contributed by atoms with Gasteiger partial charge in [-0.3, -0.25) is 9.69 Å². The molecule has 3 N–H and O–H groups in total. The summed E-state index contributed by atoms with van der Waals surface area (Å²) in [5.74, 6) is -0.147. The van der Waals surface area contributed by atoms with Gasteiger partial charge in [-0.15, -0.1) is 0 Å². The Morgan fingerprint density at radius 2 is 2.36 bits per heavy atom. The summed E-state index contributed by atoms with van der Waals surface area (Å²) < 4.78 is 0. The van der Waals surface area contributed by atoms with E-state index in [-0.39, 0.29) is 18.4 Å². The van der Waals surface area contributed by atoms with Crippen molar-refractivity contribution in [3.8, 4) is 0 Å². The topological polar surface area (TPSA) is 72.8 Å². The van der Waals surface area contributed by atoms with Gasteiger partial charge in [-0.1, -0.05) is 0 Å². The second-order valence-corrected chi connectivity index (χ2v) is 3.71. The number of rotatable bonds is 3. The quantitative estimate of drug-likeness (QED) is 0.516. The fourth-order valence-corrected chi connectivity index (χ4v) is 1.70. The summed E-state index contributed by atoms with van der Waals surface area (Å²) >= 11 is 0. The van der Waals surface area contributed by atoms with Crippen molar-refractivity contribution in [1.82, 2.24) is 10.2 Å². The average Bonchev–Trinajstić information content (AvgIpc) is 2.20. The molecule has 1 rings (SSSR count). The first-order chi connectivity index (χ1) is 6.67. The number of piperidine rings is 1. The number of likely N-dealkylation sites (tertiary alicyclic amines) is 1. The molecule has 1 saturated heterocycles. The normalized spacial score (nSPS) is 28.8. The molecule has 2 unspecified atom stereocenters. The molecule has 5 nitrogen and oxygen atoms in total. The molecule has 1 heterocycles. The number of likely N-dealkylation sites (N-methyl/N-ethyl adjacent to an activating group) is 1. The van der Waals surface area contributed by atoms with E-state index in [1.807, 2.05) is 4.90 Å². The number of carbonyl (C=O) groups excluding carboxylic acids is 1. The SMILES string of the molecule is CNC(=O)CN1CCC(O)C(CO)C1. The van der Waals surface area contributed by atoms with E-state index in [1.165, 1.54) is 0 Å². The number of nitrogens with zero attached hydrogens (tertiary/aromatic N) is 1. The molecule has 0 saturated carbocycles. The van der Waals surface area contributed by atoms with E-state index in [0.717, 1.165) is 0 Å². The molecule has 0 aliphatic carbocycles. The largest absolute Gasteiger partial charge is 0.396 e. The van der Waals surface area contributed by atoms with Crippen LogP contribution in [0.1, 0.15) is 6.42 Å². The van der Waals surface area contributed by atoms with Crippen molar-refractivity contribution in [3.63, 3.8) is 0 Å². The minimum atomic E-state index is -0.430. The van der Waals surface area contributed by atoms with Gasteiger partial charge in [0, 0.05) is 32.7 Å². The molecule has 0 aromatic carbocycles. The lowest BCUT2D eigenvalue weighted by atomic mass is 9.95. The number of aliphatic hydroxyl groups is 2. The van der Waals surface area contributed by atoms with Crippen LogP contribution < -0.4 is 5.32 Å². The molecular formula is C9H18N2O3. The summed E-state index contributed by atoms with van der Waals surface area (Å²) in [6, 6.07) is 0. The Labute approximate surface area is 83.7 Å². The highest BCUT2D eigenvalue weighted by Crippen LogP contribution is 2.16. The van der Waals surface area contributed by atoms with Crippen LogP contribution in [0.5, 0.6) is 0 Å². The van der Waals surface area contributed by atoms with Gasteiger partial charge in [0.1, 0.15) is 0 Å². The third-order valence-electron chi connectivity index (χ3n) is 2.66. The zero-order valence-electron chi connectivity index (χ0n) is 8.44. The maximum Gasteiger partial charge on any atom is 0.233 e. The van der Waals surface area contributed by atoms with Crippen molar-refractivity contribution >= 4 is 5.91 Å². The summed E-state index contributed by atoms with van der Waals surface area (Å²) in [4.78, 5) is 13.0. The molecule has 2 atom stereocenters. The van der Waals surface area contributed by atoms with E-state index in [2.05, 4.69) is 5.32 Å². The van der Waals surface area contributed by atoms with E-state index in [9.17, 15) is 9.90 Å². The van der Waals surface area contributed by atoms with Crippen LogP contribution in [-0.2, 0) is 4.79 Å². The third kappa shape index (κ3) is 2.94. The van der Waals surface area contributed by atoms with Crippen molar-refractivity contribution in [1.29, 1.82) is 0 Å². The lowest BCUT2D eigenvalue weighted by Gasteiger charge is -2.34. The molecular weight excluding hydrogens is 184 g/mol. The highest BCUT2D eigenvalue weighted by atomic mass is 16.3. The van der Waals surface area contributed by atoms with E-state index in [1.54, 1.807) is 7.05 Å². The molecule has 14 heavy (non-hydrogen) atoms. The van der Waals surface area contributed by atoms with Gasteiger partial charge in [0.2, 0.25) is 5.91 Å². The Bertz CT molecular complexity index is 198. The molecule has 5 heteroatoms. The summed E-state index contributed by atoms with van der Waals surface area (Å²) in [6.07, 6.45) is 0.198. The van der Waals surface area contributed by atoms with Crippen LogP contribution in [0.2, 0.25) is 0 Å². The summed E-state index contributed by atoms with van der Waals surface area (Å²) in [5, 5.41) is 21.0. The zero-order valence-corrected chi connectivity index (χ0v) is 8.44. The van der Waals surface area contributed by atoms with Crippen LogP contribution in [0.15, 0.2) is 0 Å². The zero-order chi connectivity index (χ0) is 10.6. The van der Waals surface area contributed by atoms with E-state index >= 15 is 0 Å². The fraction of sp³-hybridized carbons (Fsp3) is 0.889. The standard InChI is InChI=1S/C9H18N2O3/c1-10-9(14)5-11-3-2-8(13)7(4-11)6-12/h7-8,12-13H,2-6H2,1H3,(H,10,14). The van der Waals surface area contributed by atoms with Crippen LogP contribution in [0.3, 0.4) is 0 Å². The predicted molar refractivity (Wildman–Crippen MR) is 51.7 cm³/mol. The lowest BCUT2D eigenvalue weighted by molar-refractivity contribution is -0.123. The van der Waals surface area contributed by atoms with E-state index < -0.39 is 6.10 Å². The lowest BCUT2D eigenvalue weighted by Crippen LogP contribution is -2.47. The van der Waals surface area contributed by atoms with Crippen molar-refractivity contribution in [3.05, 3.63) is 0 Å². The maximum atomic E-state index is 11.1. The van der Waals surface area contributed by atoms with Crippen LogP contribution in [0.4, 0.5) is 0 Å². The highest BCUT2D eigenvalue weighted by Gasteiger charge is 2.27. The first kappa shape index (κ1) is 11.4. The monoisotopic (exact) mass is 202 g/mol. The van der Waals surface area contributed by atoms with Crippen molar-refractivity contribution in [2.24, 2.45) is 5.92 Å². The third-order valence-corrected chi connectivity index (χ3v) is 2.66. The highest BCUT2D eigenvalue weighted by molar-refractivity contribution is 5.77. The molecule has 0 bridgehead atoms. The Balaban J connectivity index is 2.38. The molecule has 0 aromatic rings. The van der Waals surface area contributed by atoms with Gasteiger partial charge in [-0.2, -0.15) is 0 Å². The molecule has 1 aliphatic heterocycles. The van der Waals surface area contributed by atoms with Crippen LogP contribution in [0.25, 0.3) is 0 Å². The van der Waals surface area contributed by atoms with Gasteiger partial charge >= 0.3 is 0 Å². The van der Waals surface area contributed by atoms with Gasteiger partial charge in [0.25, 0.3) is 0 Å². The Hall–Kier alpha value is -0.650. The summed E-state index contributed by atoms with van der Waals surface area (Å²) in [5.41, 5.74) is 0. The van der Waals surface area contributed by atoms with Gasteiger partial charge in [0.05, 0.1) is 12.6 Å². The van der Waals surface area contributed by atoms with Crippen LogP contribution in [-0.4, -0.2) is 60.4 Å². The molecule has 82 valence electrons. The first-order valence-electron chi connectivity index (χ1n) is 4.89. The van der Waals surface area contributed by atoms with Gasteiger partial charge in [0.15, 0.2) is 0 Å². The van der Waals surface area contributed by atoms with Gasteiger partial charge in [-0.25, -0.2) is 0 Å². The second kappa shape index (κ2) is 5.29. The summed E-state index contributed by atoms with van der Waals surface area (Å²) in [7, 11) is 1.60. The van der Waals surface area contributed by atoms with Gasteiger partial charge < -0.3 is 15.5 Å². The van der Waals surface area contributed by atoms with Crippen LogP contribution >= 0.6 is 0 Å². The molecule has 1 fully saturated rings. The first-order valence-corrected chi connectivity index (χ1v) is 4.89. The predicted octanol–water partition coefficient (Wildman–Crippen LogP) is -1.59. The number of amides is 1. The molecule has 0 aromatic heterocycles. The molecule has 1 amide bonds. The number of carbonyl (C=O) groups is 1. The van der Waals surface area contributed by atoms with Crippen molar-refractivity contribution in [2.75, 3.05) is 33.3 Å². The number of hydrogen-bond acceptors (Lipinski definition) is 4. The minimum Gasteiger partial charge on any atom is -0.396 e. The molecule has 0 spiro atoms. The number of aliphatic hydroxyl groups excluding tert-OH is 2. The smallest absolute Gasteiger partial charge is 0.233 e. The van der Waals surface area contributed by atoms with Gasteiger partial charge in [-0.05, 0) is 6.42 Å². The van der Waals surface area contributed by atoms with Crippen molar-refractivity contribution in [2.45, 2.75) is 12.5 Å². The van der Waals surface area contributed by atoms with E-state index in [0.29, 0.717) is 26.1 Å².